The molecule has 0 amide bonds. The van der Waals surface area contributed by atoms with Gasteiger partial charge in [-0.2, -0.15) is 4.31 Å². The third kappa shape index (κ3) is 3.52. The summed E-state index contributed by atoms with van der Waals surface area (Å²) in [7, 11) is -1.54. The van der Waals surface area contributed by atoms with Crippen LogP contribution in [-0.4, -0.2) is 38.9 Å². The first-order chi connectivity index (χ1) is 10.4. The zero-order valence-electron chi connectivity index (χ0n) is 13.0. The van der Waals surface area contributed by atoms with E-state index in [2.05, 4.69) is 5.32 Å². The van der Waals surface area contributed by atoms with Gasteiger partial charge in [0.1, 0.15) is 4.90 Å². The van der Waals surface area contributed by atoms with Crippen LogP contribution in [0.15, 0.2) is 23.1 Å². The van der Waals surface area contributed by atoms with Crippen molar-refractivity contribution >= 4 is 55.5 Å². The third-order valence-electron chi connectivity index (χ3n) is 4.23. The molecule has 8 heteroatoms. The van der Waals surface area contributed by atoms with Gasteiger partial charge in [-0.25, -0.2) is 8.42 Å². The van der Waals surface area contributed by atoms with E-state index in [1.165, 1.54) is 11.3 Å². The predicted octanol–water partition coefficient (Wildman–Crippen LogP) is 3.66. The van der Waals surface area contributed by atoms with Gasteiger partial charge in [0.05, 0.1) is 0 Å². The van der Waals surface area contributed by atoms with Crippen molar-refractivity contribution in [2.24, 2.45) is 0 Å². The van der Waals surface area contributed by atoms with Gasteiger partial charge in [-0.05, 0) is 45.0 Å². The average molecular weight is 395 g/mol. The molecule has 0 bridgehead atoms. The minimum atomic E-state index is -3.47. The van der Waals surface area contributed by atoms with Crippen molar-refractivity contribution in [2.75, 3.05) is 20.1 Å². The normalized spacial score (nSPS) is 17.3. The zero-order chi connectivity index (χ0) is 15.9. The second-order valence-corrected chi connectivity index (χ2v) is 9.16. The number of fused-ring (bicyclic) bond motifs is 1. The van der Waals surface area contributed by atoms with Gasteiger partial charge >= 0.3 is 0 Å². The van der Waals surface area contributed by atoms with Gasteiger partial charge < -0.3 is 5.32 Å². The fourth-order valence-corrected chi connectivity index (χ4v) is 6.38. The third-order valence-corrected chi connectivity index (χ3v) is 7.77. The van der Waals surface area contributed by atoms with Crippen LogP contribution < -0.4 is 5.32 Å². The lowest BCUT2D eigenvalue weighted by Gasteiger charge is -2.31. The number of nitrogens with one attached hydrogen (secondary N) is 1. The van der Waals surface area contributed by atoms with Crippen molar-refractivity contribution in [3.8, 4) is 0 Å². The number of nitrogens with zero attached hydrogens (tertiary/aromatic N) is 1. The number of aryl methyl sites for hydroxylation is 1. The zero-order valence-corrected chi connectivity index (χ0v) is 16.2. The van der Waals surface area contributed by atoms with Crippen LogP contribution in [0.3, 0.4) is 0 Å². The Balaban J connectivity index is 0.00000192. The largest absolute Gasteiger partial charge is 0.317 e. The Hall–Kier alpha value is -0.370. The molecule has 3 rings (SSSR count). The number of sulfonamides is 1. The molecule has 0 aliphatic carbocycles. The van der Waals surface area contributed by atoms with E-state index in [0.717, 1.165) is 27.8 Å². The topological polar surface area (TPSA) is 49.4 Å². The highest BCUT2D eigenvalue weighted by Gasteiger charge is 2.32. The second-order valence-electron chi connectivity index (χ2n) is 5.59. The summed E-state index contributed by atoms with van der Waals surface area (Å²) in [5, 5.41) is 4.53. The summed E-state index contributed by atoms with van der Waals surface area (Å²) in [6, 6.07) is 5.85. The first-order valence-corrected chi connectivity index (χ1v) is 9.93. The van der Waals surface area contributed by atoms with Gasteiger partial charge in [0.25, 0.3) is 0 Å². The van der Waals surface area contributed by atoms with Crippen LogP contribution in [0, 0.1) is 6.92 Å². The lowest BCUT2D eigenvalue weighted by atomic mass is 10.1. The smallest absolute Gasteiger partial charge is 0.244 e. The summed E-state index contributed by atoms with van der Waals surface area (Å²) in [5.74, 6) is 0. The summed E-state index contributed by atoms with van der Waals surface area (Å²) in [5.41, 5.74) is 0. The fourth-order valence-electron chi connectivity index (χ4n) is 3.00. The Morgan fingerprint density at radius 3 is 2.57 bits per heavy atom. The summed E-state index contributed by atoms with van der Waals surface area (Å²) in [6.07, 6.45) is 1.69. The van der Waals surface area contributed by atoms with Crippen LogP contribution in [0.2, 0.25) is 5.02 Å². The van der Waals surface area contributed by atoms with Crippen LogP contribution in [0.5, 0.6) is 0 Å². The van der Waals surface area contributed by atoms with E-state index in [9.17, 15) is 8.42 Å². The van der Waals surface area contributed by atoms with E-state index in [-0.39, 0.29) is 12.4 Å². The second kappa shape index (κ2) is 7.25. The van der Waals surface area contributed by atoms with E-state index in [1.807, 2.05) is 20.0 Å². The lowest BCUT2D eigenvalue weighted by Crippen LogP contribution is -2.43. The van der Waals surface area contributed by atoms with Crippen LogP contribution >= 0.6 is 35.3 Å². The number of benzene rings is 1. The molecule has 0 saturated carbocycles. The average Bonchev–Trinajstić information content (AvgIpc) is 2.83. The Morgan fingerprint density at radius 2 is 1.96 bits per heavy atom. The molecule has 1 saturated heterocycles. The van der Waals surface area contributed by atoms with Crippen molar-refractivity contribution in [3.05, 3.63) is 28.1 Å². The molecule has 1 fully saturated rings. The first-order valence-electron chi connectivity index (χ1n) is 7.29. The van der Waals surface area contributed by atoms with Gasteiger partial charge in [0.15, 0.2) is 0 Å². The summed E-state index contributed by atoms with van der Waals surface area (Å²) in [6.45, 7) is 2.99. The van der Waals surface area contributed by atoms with Gasteiger partial charge in [-0.15, -0.1) is 23.7 Å². The van der Waals surface area contributed by atoms with Crippen molar-refractivity contribution in [2.45, 2.75) is 30.7 Å². The quantitative estimate of drug-likeness (QED) is 0.863. The van der Waals surface area contributed by atoms with E-state index < -0.39 is 10.0 Å². The van der Waals surface area contributed by atoms with Gasteiger partial charge in [0.2, 0.25) is 10.0 Å². The molecular formula is C15H20Cl2N2O2S2. The number of hydrogen-bond donors (Lipinski definition) is 1. The Kier molecular flexibility index (Phi) is 5.98. The summed E-state index contributed by atoms with van der Waals surface area (Å²) < 4.78 is 28.7. The Morgan fingerprint density at radius 1 is 1.30 bits per heavy atom. The molecule has 0 atom stereocenters. The highest BCUT2D eigenvalue weighted by molar-refractivity contribution is 7.89. The van der Waals surface area contributed by atoms with Gasteiger partial charge in [-0.3, -0.25) is 0 Å². The Bertz CT molecular complexity index is 797. The molecule has 4 nitrogen and oxygen atoms in total. The maximum Gasteiger partial charge on any atom is 0.244 e. The molecule has 2 aromatic rings. The molecule has 0 unspecified atom stereocenters. The van der Waals surface area contributed by atoms with E-state index in [0.29, 0.717) is 29.0 Å². The molecule has 0 radical (unpaired) electrons. The highest BCUT2D eigenvalue weighted by atomic mass is 35.5. The van der Waals surface area contributed by atoms with E-state index >= 15 is 0 Å². The van der Waals surface area contributed by atoms with Crippen molar-refractivity contribution in [3.63, 3.8) is 0 Å². The molecule has 1 aliphatic rings. The minimum Gasteiger partial charge on any atom is -0.317 e. The van der Waals surface area contributed by atoms with Crippen molar-refractivity contribution in [1.29, 1.82) is 0 Å². The molecule has 2 heterocycles. The number of hydrogen-bond acceptors (Lipinski definition) is 4. The molecule has 1 aromatic heterocycles. The SMILES string of the molecule is CNC1CCN(S(=O)(=O)c2c(C)sc3ccc(Cl)cc23)CC1.Cl. The lowest BCUT2D eigenvalue weighted by molar-refractivity contribution is 0.298. The van der Waals surface area contributed by atoms with Crippen molar-refractivity contribution < 1.29 is 8.42 Å². The molecule has 23 heavy (non-hydrogen) atoms. The minimum absolute atomic E-state index is 0. The van der Waals surface area contributed by atoms with Crippen LogP contribution in [0.25, 0.3) is 10.1 Å². The van der Waals surface area contributed by atoms with E-state index in [1.54, 1.807) is 16.4 Å². The fraction of sp³-hybridized carbons (Fsp3) is 0.467. The summed E-state index contributed by atoms with van der Waals surface area (Å²) >= 11 is 7.57. The maximum absolute atomic E-state index is 13.1. The predicted molar refractivity (Wildman–Crippen MR) is 99.7 cm³/mol. The number of halogens is 2. The first kappa shape index (κ1) is 19.0. The highest BCUT2D eigenvalue weighted by Crippen LogP contribution is 2.37. The number of thiophene rings is 1. The van der Waals surface area contributed by atoms with Gasteiger partial charge in [-0.1, -0.05) is 11.6 Å². The van der Waals surface area contributed by atoms with Crippen LogP contribution in [-0.2, 0) is 10.0 Å². The standard InChI is InChI=1S/C15H19ClN2O2S2.ClH/c1-10-15(13-9-11(16)3-4-14(13)21-10)22(19,20)18-7-5-12(17-2)6-8-18;/h3-4,9,12,17H,5-8H2,1-2H3;1H. The molecule has 0 spiro atoms. The Labute approximate surface area is 152 Å². The number of rotatable bonds is 3. The van der Waals surface area contributed by atoms with Gasteiger partial charge in [0, 0.05) is 39.1 Å². The number of piperidine rings is 1. The van der Waals surface area contributed by atoms with Crippen LogP contribution in [0.4, 0.5) is 0 Å². The monoisotopic (exact) mass is 394 g/mol. The molecule has 1 N–H and O–H groups in total. The van der Waals surface area contributed by atoms with E-state index in [4.69, 9.17) is 11.6 Å². The molecular weight excluding hydrogens is 375 g/mol. The maximum atomic E-state index is 13.1. The molecule has 128 valence electrons. The van der Waals surface area contributed by atoms with Crippen molar-refractivity contribution in [1.82, 2.24) is 9.62 Å². The summed E-state index contributed by atoms with van der Waals surface area (Å²) in [4.78, 5) is 1.26. The van der Waals surface area contributed by atoms with Crippen LogP contribution in [0.1, 0.15) is 17.7 Å². The molecule has 1 aromatic carbocycles. The molecule has 1 aliphatic heterocycles.